The van der Waals surface area contributed by atoms with E-state index in [-0.39, 0.29) is 12.5 Å². The van der Waals surface area contributed by atoms with Gasteiger partial charge in [0.15, 0.2) is 0 Å². The molecule has 1 aliphatic carbocycles. The van der Waals surface area contributed by atoms with Gasteiger partial charge in [0.05, 0.1) is 12.2 Å². The summed E-state index contributed by atoms with van der Waals surface area (Å²) in [5.74, 6) is -0.825. The van der Waals surface area contributed by atoms with E-state index in [1.807, 2.05) is 19.1 Å². The molecule has 1 saturated carbocycles. The van der Waals surface area contributed by atoms with Crippen molar-refractivity contribution < 1.29 is 20.4 Å². The molecule has 0 bridgehead atoms. The Morgan fingerprint density at radius 1 is 0.962 bits per heavy atom. The molecule has 0 amide bonds. The van der Waals surface area contributed by atoms with Crippen LogP contribution in [0.3, 0.4) is 0 Å². The Labute approximate surface area is 158 Å². The highest BCUT2D eigenvalue weighted by molar-refractivity contribution is 6.31. The molecule has 0 unspecified atom stereocenters. The first-order valence-corrected chi connectivity index (χ1v) is 9.27. The number of halogens is 1. The van der Waals surface area contributed by atoms with Crippen LogP contribution < -0.4 is 0 Å². The molecule has 0 spiro atoms. The fourth-order valence-electron chi connectivity index (χ4n) is 3.73. The van der Waals surface area contributed by atoms with Crippen LogP contribution in [-0.4, -0.2) is 45.3 Å². The van der Waals surface area contributed by atoms with Crippen molar-refractivity contribution in [2.45, 2.75) is 44.0 Å². The molecule has 140 valence electrons. The second kappa shape index (κ2) is 8.07. The zero-order valence-corrected chi connectivity index (χ0v) is 15.5. The first-order valence-electron chi connectivity index (χ1n) is 8.89. The Bertz CT molecular complexity index is 744. The van der Waals surface area contributed by atoms with Gasteiger partial charge in [0.25, 0.3) is 0 Å². The van der Waals surface area contributed by atoms with Gasteiger partial charge in [-0.3, -0.25) is 0 Å². The van der Waals surface area contributed by atoms with E-state index in [0.717, 1.165) is 16.7 Å². The Hall–Kier alpha value is -1.43. The van der Waals surface area contributed by atoms with Gasteiger partial charge in [0.1, 0.15) is 6.10 Å². The van der Waals surface area contributed by atoms with Gasteiger partial charge in [0.2, 0.25) is 0 Å². The van der Waals surface area contributed by atoms with Crippen molar-refractivity contribution in [1.29, 1.82) is 0 Å². The van der Waals surface area contributed by atoms with Gasteiger partial charge in [-0.2, -0.15) is 0 Å². The van der Waals surface area contributed by atoms with Crippen LogP contribution in [0.25, 0.3) is 0 Å². The van der Waals surface area contributed by atoms with Crippen molar-refractivity contribution >= 4 is 11.6 Å². The first kappa shape index (κ1) is 19.3. The van der Waals surface area contributed by atoms with E-state index in [9.17, 15) is 20.4 Å². The van der Waals surface area contributed by atoms with E-state index < -0.39 is 24.2 Å². The van der Waals surface area contributed by atoms with Gasteiger partial charge in [0, 0.05) is 23.5 Å². The minimum absolute atomic E-state index is 0.231. The molecule has 1 aliphatic rings. The molecule has 0 aromatic heterocycles. The lowest BCUT2D eigenvalue weighted by Gasteiger charge is -2.40. The highest BCUT2D eigenvalue weighted by atomic mass is 35.5. The van der Waals surface area contributed by atoms with Crippen molar-refractivity contribution in [3.8, 4) is 0 Å². The lowest BCUT2D eigenvalue weighted by atomic mass is 9.73. The summed E-state index contributed by atoms with van der Waals surface area (Å²) in [6, 6.07) is 13.8. The number of hydrogen-bond donors (Lipinski definition) is 4. The zero-order chi connectivity index (χ0) is 18.8. The Kier molecular flexibility index (Phi) is 6.00. The third-order valence-electron chi connectivity index (χ3n) is 5.40. The molecule has 0 heterocycles. The monoisotopic (exact) mass is 376 g/mol. The molecular weight excluding hydrogens is 352 g/mol. The average molecular weight is 377 g/mol. The molecule has 4 N–H and O–H groups in total. The maximum absolute atomic E-state index is 10.4. The van der Waals surface area contributed by atoms with Crippen molar-refractivity contribution in [2.75, 3.05) is 6.61 Å². The average Bonchev–Trinajstić information content (AvgIpc) is 2.64. The van der Waals surface area contributed by atoms with Gasteiger partial charge in [-0.05, 0) is 42.5 Å². The highest BCUT2D eigenvalue weighted by Crippen LogP contribution is 2.38. The third kappa shape index (κ3) is 3.95. The predicted molar refractivity (Wildman–Crippen MR) is 101 cm³/mol. The molecule has 5 atom stereocenters. The normalized spacial score (nSPS) is 28.9. The first-order chi connectivity index (χ1) is 12.4. The second-order valence-electron chi connectivity index (χ2n) is 7.27. The molecule has 0 aliphatic heterocycles. The van der Waals surface area contributed by atoms with Crippen LogP contribution in [0, 0.1) is 12.8 Å². The molecule has 2 aromatic rings. The van der Waals surface area contributed by atoms with Crippen molar-refractivity contribution in [2.24, 2.45) is 5.92 Å². The number of hydrogen-bond acceptors (Lipinski definition) is 4. The summed E-state index contributed by atoms with van der Waals surface area (Å²) in [5, 5.41) is 40.7. The van der Waals surface area contributed by atoms with Crippen molar-refractivity contribution in [3.05, 3.63) is 69.7 Å². The molecule has 3 rings (SSSR count). The summed E-state index contributed by atoms with van der Waals surface area (Å²) >= 11 is 6.37. The number of aliphatic hydroxyl groups is 4. The van der Waals surface area contributed by atoms with E-state index in [0.29, 0.717) is 17.9 Å². The van der Waals surface area contributed by atoms with E-state index >= 15 is 0 Å². The van der Waals surface area contributed by atoms with E-state index in [2.05, 4.69) is 24.3 Å². The van der Waals surface area contributed by atoms with E-state index in [4.69, 9.17) is 11.6 Å². The minimum atomic E-state index is -1.28. The van der Waals surface area contributed by atoms with Crippen LogP contribution in [0.4, 0.5) is 0 Å². The maximum Gasteiger partial charge on any atom is 0.107 e. The number of benzene rings is 2. The molecule has 0 saturated heterocycles. The quantitative estimate of drug-likeness (QED) is 0.660. The van der Waals surface area contributed by atoms with Crippen LogP contribution >= 0.6 is 11.6 Å². The topological polar surface area (TPSA) is 80.9 Å². The summed E-state index contributed by atoms with van der Waals surface area (Å²) in [7, 11) is 0. The van der Waals surface area contributed by atoms with Gasteiger partial charge >= 0.3 is 0 Å². The summed E-state index contributed by atoms with van der Waals surface area (Å²) in [6.45, 7) is 1.81. The molecule has 1 fully saturated rings. The molecule has 0 radical (unpaired) electrons. The van der Waals surface area contributed by atoms with Gasteiger partial charge < -0.3 is 20.4 Å². The maximum atomic E-state index is 10.4. The fraction of sp³-hybridized carbons (Fsp3) is 0.429. The number of aryl methyl sites for hydroxylation is 1. The summed E-state index contributed by atoms with van der Waals surface area (Å²) in [4.78, 5) is 0. The smallest absolute Gasteiger partial charge is 0.107 e. The van der Waals surface area contributed by atoms with E-state index in [1.54, 1.807) is 6.07 Å². The van der Waals surface area contributed by atoms with Crippen LogP contribution in [0.15, 0.2) is 42.5 Å². The van der Waals surface area contributed by atoms with Crippen molar-refractivity contribution in [3.63, 3.8) is 0 Å². The van der Waals surface area contributed by atoms with Crippen LogP contribution in [0.5, 0.6) is 0 Å². The molecule has 4 nitrogen and oxygen atoms in total. The standard InChI is InChI=1S/C21H25ClO4/c1-12-2-4-13(5-3-12)8-15-9-14(6-7-18(15)22)17-10-16(11-23)19(24)21(26)20(17)25/h2-7,9,16-17,19-21,23-26H,8,10-11H2,1H3/t16-,17-,19+,20-,21-/m0/s1. The van der Waals surface area contributed by atoms with Gasteiger partial charge in [-0.25, -0.2) is 0 Å². The van der Waals surface area contributed by atoms with Crippen molar-refractivity contribution in [1.82, 2.24) is 0 Å². The summed E-state index contributed by atoms with van der Waals surface area (Å²) in [5.41, 5.74) is 4.14. The Morgan fingerprint density at radius 2 is 1.65 bits per heavy atom. The van der Waals surface area contributed by atoms with Crippen LogP contribution in [-0.2, 0) is 6.42 Å². The Balaban J connectivity index is 1.87. The summed E-state index contributed by atoms with van der Waals surface area (Å²) in [6.07, 6.45) is -2.40. The largest absolute Gasteiger partial charge is 0.396 e. The molecular formula is C21H25ClO4. The second-order valence-corrected chi connectivity index (χ2v) is 7.68. The minimum Gasteiger partial charge on any atom is -0.396 e. The SMILES string of the molecule is Cc1ccc(Cc2cc([C@@H]3C[C@@H](CO)[C@@H](O)[C@H](O)[C@H]3O)ccc2Cl)cc1. The number of aliphatic hydroxyl groups excluding tert-OH is 4. The number of rotatable bonds is 4. The lowest BCUT2D eigenvalue weighted by Crippen LogP contribution is -2.51. The summed E-state index contributed by atoms with van der Waals surface area (Å²) < 4.78 is 0. The van der Waals surface area contributed by atoms with E-state index in [1.165, 1.54) is 5.56 Å². The van der Waals surface area contributed by atoms with Crippen LogP contribution in [0.2, 0.25) is 5.02 Å². The molecule has 5 heteroatoms. The predicted octanol–water partition coefficient (Wildman–Crippen LogP) is 2.42. The van der Waals surface area contributed by atoms with Crippen LogP contribution in [0.1, 0.15) is 34.6 Å². The molecule has 2 aromatic carbocycles. The Morgan fingerprint density at radius 3 is 2.31 bits per heavy atom. The van der Waals surface area contributed by atoms with Gasteiger partial charge in [-0.1, -0.05) is 53.6 Å². The fourth-order valence-corrected chi connectivity index (χ4v) is 3.91. The highest BCUT2D eigenvalue weighted by Gasteiger charge is 2.42. The van der Waals surface area contributed by atoms with Gasteiger partial charge in [-0.15, -0.1) is 0 Å². The zero-order valence-electron chi connectivity index (χ0n) is 14.7. The lowest BCUT2D eigenvalue weighted by molar-refractivity contribution is -0.127. The third-order valence-corrected chi connectivity index (χ3v) is 5.77. The molecule has 26 heavy (non-hydrogen) atoms.